The number of nitrogens with zero attached hydrogens (tertiary/aromatic N) is 6. The molecule has 2 aromatic heterocycles. The number of hydrogen-bond donors (Lipinski definition) is 0. The highest BCUT2D eigenvalue weighted by Gasteiger charge is 2.42. The van der Waals surface area contributed by atoms with Crippen LogP contribution in [0.25, 0.3) is 17.3 Å². The van der Waals surface area contributed by atoms with Crippen LogP contribution < -0.4 is 9.80 Å². The molecule has 0 radical (unpaired) electrons. The average Bonchev–Trinajstić information content (AvgIpc) is 3.21. The predicted molar refractivity (Wildman–Crippen MR) is 112 cm³/mol. The van der Waals surface area contributed by atoms with Gasteiger partial charge < -0.3 is 9.80 Å². The Morgan fingerprint density at radius 3 is 2.60 bits per heavy atom. The summed E-state index contributed by atoms with van der Waals surface area (Å²) in [4.78, 5) is 30.6. The van der Waals surface area contributed by atoms with Crippen molar-refractivity contribution in [2.75, 3.05) is 16.8 Å². The van der Waals surface area contributed by atoms with Crippen molar-refractivity contribution in [2.45, 2.75) is 44.7 Å². The number of halogens is 1. The largest absolute Gasteiger partial charge is 0.340 e. The molecule has 8 heteroatoms. The fraction of sp³-hybridized carbons (Fsp3) is 0.364. The number of fused-ring (bicyclic) bond motifs is 1. The smallest absolute Gasteiger partial charge is 0.249 e. The summed E-state index contributed by atoms with van der Waals surface area (Å²) in [6.45, 7) is 2.04. The molecule has 1 amide bonds. The quantitative estimate of drug-likeness (QED) is 0.663. The summed E-state index contributed by atoms with van der Waals surface area (Å²) in [5, 5.41) is 0. The number of carbonyl (C=O) groups is 1. The minimum Gasteiger partial charge on any atom is -0.340 e. The second kappa shape index (κ2) is 7.19. The van der Waals surface area contributed by atoms with E-state index in [2.05, 4.69) is 14.9 Å². The summed E-state index contributed by atoms with van der Waals surface area (Å²) in [7, 11) is 1.78. The zero-order valence-electron chi connectivity index (χ0n) is 17.0. The lowest BCUT2D eigenvalue weighted by Crippen LogP contribution is -2.57. The Hall–Kier alpha value is -3.29. The van der Waals surface area contributed by atoms with Crippen molar-refractivity contribution in [1.82, 2.24) is 19.5 Å². The van der Waals surface area contributed by atoms with Gasteiger partial charge in [0.05, 0.1) is 6.20 Å². The van der Waals surface area contributed by atoms with E-state index in [1.54, 1.807) is 47.2 Å². The van der Waals surface area contributed by atoms with E-state index in [1.807, 2.05) is 6.92 Å². The van der Waals surface area contributed by atoms with Gasteiger partial charge in [0.1, 0.15) is 23.4 Å². The molecule has 0 N–H and O–H groups in total. The Balaban J connectivity index is 1.61. The van der Waals surface area contributed by atoms with Crippen LogP contribution in [0.1, 0.15) is 32.6 Å². The van der Waals surface area contributed by atoms with E-state index in [9.17, 15) is 9.18 Å². The van der Waals surface area contributed by atoms with E-state index in [0.29, 0.717) is 17.8 Å². The van der Waals surface area contributed by atoms with Crippen molar-refractivity contribution in [3.63, 3.8) is 0 Å². The summed E-state index contributed by atoms with van der Waals surface area (Å²) in [5.74, 6) is 1.70. The highest BCUT2D eigenvalue weighted by Crippen LogP contribution is 2.40. The second-order valence-corrected chi connectivity index (χ2v) is 7.82. The maximum Gasteiger partial charge on any atom is 0.249 e. The first-order valence-electron chi connectivity index (χ1n) is 10.3. The summed E-state index contributed by atoms with van der Waals surface area (Å²) in [6, 6.07) is 6.31. The number of imidazole rings is 1. The van der Waals surface area contributed by atoms with E-state index >= 15 is 0 Å². The number of anilines is 2. The number of aromatic nitrogens is 4. The normalized spacial score (nSPS) is 19.0. The second-order valence-electron chi connectivity index (χ2n) is 7.82. The van der Waals surface area contributed by atoms with Crippen LogP contribution in [0.3, 0.4) is 0 Å². The van der Waals surface area contributed by atoms with E-state index in [4.69, 9.17) is 4.98 Å². The Morgan fingerprint density at radius 2 is 1.93 bits per heavy atom. The third kappa shape index (κ3) is 2.86. The molecule has 3 heterocycles. The summed E-state index contributed by atoms with van der Waals surface area (Å²) < 4.78 is 15.1. The molecular formula is C22H23FN6O. The fourth-order valence-corrected chi connectivity index (χ4v) is 4.25. The standard InChI is InChI=1S/C22H23FN6O/c1-3-17-21(30)27(2)18-13-25-22(26-20(18)29(17)16-5-4-6-16)28-12-11-24-19(28)14-7-9-15(23)10-8-14/h7-13,16-17H,3-6H2,1-2H3/t17-/m1/s1. The molecule has 1 atom stereocenters. The highest BCUT2D eigenvalue weighted by molar-refractivity contribution is 6.04. The Kier molecular flexibility index (Phi) is 4.49. The number of amides is 1. The van der Waals surface area contributed by atoms with E-state index in [0.717, 1.165) is 36.3 Å². The Bertz CT molecular complexity index is 1090. The van der Waals surface area contributed by atoms with Crippen molar-refractivity contribution in [3.05, 3.63) is 48.7 Å². The third-order valence-electron chi connectivity index (χ3n) is 6.11. The molecule has 1 aliphatic carbocycles. The summed E-state index contributed by atoms with van der Waals surface area (Å²) in [5.41, 5.74) is 1.50. The third-order valence-corrected chi connectivity index (χ3v) is 6.11. The van der Waals surface area contributed by atoms with Crippen LogP contribution in [0.15, 0.2) is 42.9 Å². The van der Waals surface area contributed by atoms with Gasteiger partial charge in [0.2, 0.25) is 11.9 Å². The molecule has 5 rings (SSSR count). The minimum atomic E-state index is -0.295. The number of hydrogen-bond acceptors (Lipinski definition) is 5. The van der Waals surface area contributed by atoms with Gasteiger partial charge in [0.25, 0.3) is 0 Å². The molecule has 0 saturated heterocycles. The average molecular weight is 406 g/mol. The lowest BCUT2D eigenvalue weighted by atomic mass is 9.88. The van der Waals surface area contributed by atoms with Gasteiger partial charge in [-0.2, -0.15) is 4.98 Å². The van der Waals surface area contributed by atoms with Crippen LogP contribution in [-0.4, -0.2) is 44.6 Å². The van der Waals surface area contributed by atoms with Gasteiger partial charge in [0.15, 0.2) is 5.82 Å². The van der Waals surface area contributed by atoms with Gasteiger partial charge in [-0.25, -0.2) is 14.4 Å². The van der Waals surface area contributed by atoms with Gasteiger partial charge in [-0.1, -0.05) is 6.92 Å². The SMILES string of the molecule is CC[C@@H]1C(=O)N(C)c2cnc(-n3ccnc3-c3ccc(F)cc3)nc2N1C1CCC1. The topological polar surface area (TPSA) is 67.2 Å². The number of benzene rings is 1. The molecular weight excluding hydrogens is 383 g/mol. The highest BCUT2D eigenvalue weighted by atomic mass is 19.1. The van der Waals surface area contributed by atoms with Gasteiger partial charge in [0, 0.05) is 31.0 Å². The van der Waals surface area contributed by atoms with Crippen molar-refractivity contribution < 1.29 is 9.18 Å². The van der Waals surface area contributed by atoms with Crippen molar-refractivity contribution in [2.24, 2.45) is 0 Å². The maximum atomic E-state index is 13.3. The molecule has 2 aliphatic rings. The van der Waals surface area contributed by atoms with E-state index in [1.165, 1.54) is 18.6 Å². The number of likely N-dealkylation sites (N-methyl/N-ethyl adjacent to an activating group) is 1. The van der Waals surface area contributed by atoms with Crippen LogP contribution in [-0.2, 0) is 4.79 Å². The molecule has 1 aromatic carbocycles. The monoisotopic (exact) mass is 406 g/mol. The van der Waals surface area contributed by atoms with E-state index < -0.39 is 0 Å². The number of carbonyl (C=O) groups excluding carboxylic acids is 1. The molecule has 0 bridgehead atoms. The maximum absolute atomic E-state index is 13.3. The summed E-state index contributed by atoms with van der Waals surface area (Å²) in [6.07, 6.45) is 9.21. The molecule has 1 fully saturated rings. The fourth-order valence-electron chi connectivity index (χ4n) is 4.25. The molecule has 1 aliphatic heterocycles. The summed E-state index contributed by atoms with van der Waals surface area (Å²) >= 11 is 0. The first kappa shape index (κ1) is 18.7. The Labute approximate surface area is 174 Å². The lowest BCUT2D eigenvalue weighted by Gasteiger charge is -2.47. The van der Waals surface area contributed by atoms with Crippen molar-refractivity contribution >= 4 is 17.4 Å². The Morgan fingerprint density at radius 1 is 1.17 bits per heavy atom. The molecule has 0 spiro atoms. The first-order valence-corrected chi connectivity index (χ1v) is 10.3. The van der Waals surface area contributed by atoms with Gasteiger partial charge in [-0.3, -0.25) is 9.36 Å². The zero-order chi connectivity index (χ0) is 20.8. The predicted octanol–water partition coefficient (Wildman–Crippen LogP) is 3.58. The van der Waals surface area contributed by atoms with Crippen LogP contribution in [0, 0.1) is 5.82 Å². The zero-order valence-corrected chi connectivity index (χ0v) is 17.0. The molecule has 7 nitrogen and oxygen atoms in total. The van der Waals surface area contributed by atoms with Crippen molar-refractivity contribution in [1.29, 1.82) is 0 Å². The molecule has 1 saturated carbocycles. The lowest BCUT2D eigenvalue weighted by molar-refractivity contribution is -0.120. The van der Waals surface area contributed by atoms with Crippen LogP contribution in [0.4, 0.5) is 15.9 Å². The van der Waals surface area contributed by atoms with Crippen LogP contribution in [0.2, 0.25) is 0 Å². The van der Waals surface area contributed by atoms with Crippen molar-refractivity contribution in [3.8, 4) is 17.3 Å². The molecule has 0 unspecified atom stereocenters. The van der Waals surface area contributed by atoms with Gasteiger partial charge in [-0.05, 0) is 49.9 Å². The molecule has 3 aromatic rings. The molecule has 30 heavy (non-hydrogen) atoms. The van der Waals surface area contributed by atoms with E-state index in [-0.39, 0.29) is 17.8 Å². The minimum absolute atomic E-state index is 0.0860. The number of rotatable bonds is 4. The van der Waals surface area contributed by atoms with Gasteiger partial charge >= 0.3 is 0 Å². The van der Waals surface area contributed by atoms with Crippen LogP contribution >= 0.6 is 0 Å². The van der Waals surface area contributed by atoms with Gasteiger partial charge in [-0.15, -0.1) is 0 Å². The molecule has 154 valence electrons. The first-order chi connectivity index (χ1) is 14.6. The van der Waals surface area contributed by atoms with Crippen LogP contribution in [0.5, 0.6) is 0 Å².